The average Bonchev–Trinajstić information content (AvgIpc) is 2.61. The van der Waals surface area contributed by atoms with Crippen LogP contribution >= 0.6 is 0 Å². The quantitative estimate of drug-likeness (QED) is 0.679. The van der Waals surface area contributed by atoms with Crippen molar-refractivity contribution in [3.05, 3.63) is 0 Å². The van der Waals surface area contributed by atoms with Gasteiger partial charge in [0.15, 0.2) is 0 Å². The van der Waals surface area contributed by atoms with E-state index in [0.29, 0.717) is 19.7 Å². The largest absolute Gasteiger partial charge is 0.382 e. The number of nitrogens with zero attached hydrogens (tertiary/aromatic N) is 1. The van der Waals surface area contributed by atoms with Gasteiger partial charge in [0.1, 0.15) is 0 Å². The van der Waals surface area contributed by atoms with E-state index in [9.17, 15) is 4.79 Å². The van der Waals surface area contributed by atoms with Crippen molar-refractivity contribution in [1.29, 1.82) is 0 Å². The number of hydrogen-bond donors (Lipinski definition) is 1. The van der Waals surface area contributed by atoms with Gasteiger partial charge >= 0.3 is 0 Å². The van der Waals surface area contributed by atoms with E-state index >= 15 is 0 Å². The molecule has 1 saturated heterocycles. The molecule has 0 aromatic heterocycles. The summed E-state index contributed by atoms with van der Waals surface area (Å²) in [4.78, 5) is 13.5. The number of amides is 1. The molecule has 94 valence electrons. The molecule has 1 amide bonds. The minimum absolute atomic E-state index is 0.0480. The smallest absolute Gasteiger partial charge is 0.237 e. The Morgan fingerprint density at radius 2 is 2.31 bits per heavy atom. The summed E-state index contributed by atoms with van der Waals surface area (Å²) >= 11 is 0. The highest BCUT2D eigenvalue weighted by molar-refractivity contribution is 5.80. The minimum atomic E-state index is -0.0480. The van der Waals surface area contributed by atoms with Gasteiger partial charge in [0.25, 0.3) is 0 Å². The maximum absolute atomic E-state index is 11.7. The first-order chi connectivity index (χ1) is 7.72. The van der Waals surface area contributed by atoms with Gasteiger partial charge in [-0.3, -0.25) is 10.1 Å². The molecule has 0 radical (unpaired) electrons. The first-order valence-corrected chi connectivity index (χ1v) is 5.77. The molecule has 2 unspecified atom stereocenters. The van der Waals surface area contributed by atoms with Gasteiger partial charge in [-0.1, -0.05) is 13.3 Å². The summed E-state index contributed by atoms with van der Waals surface area (Å²) in [5.74, 6) is 0.150. The van der Waals surface area contributed by atoms with Crippen molar-refractivity contribution in [3.8, 4) is 0 Å². The second-order valence-corrected chi connectivity index (χ2v) is 4.04. The zero-order chi connectivity index (χ0) is 12.0. The number of hydrogen-bond acceptors (Lipinski definition) is 4. The Morgan fingerprint density at radius 1 is 1.56 bits per heavy atom. The van der Waals surface area contributed by atoms with Crippen LogP contribution in [0.2, 0.25) is 0 Å². The molecule has 1 aliphatic rings. The lowest BCUT2D eigenvalue weighted by molar-refractivity contribution is -0.130. The van der Waals surface area contributed by atoms with E-state index in [2.05, 4.69) is 12.2 Å². The lowest BCUT2D eigenvalue weighted by Gasteiger charge is -2.27. The number of rotatable bonds is 7. The SMILES string of the molecule is CCCC1NCC(=O)N1CC(COC)OC. The van der Waals surface area contributed by atoms with Crippen molar-refractivity contribution in [2.45, 2.75) is 32.0 Å². The summed E-state index contributed by atoms with van der Waals surface area (Å²) in [7, 11) is 3.28. The van der Waals surface area contributed by atoms with Gasteiger partial charge < -0.3 is 14.4 Å². The van der Waals surface area contributed by atoms with E-state index in [0.717, 1.165) is 12.8 Å². The molecule has 1 rings (SSSR count). The second kappa shape index (κ2) is 6.83. The lowest BCUT2D eigenvalue weighted by atomic mass is 10.2. The molecule has 0 aliphatic carbocycles. The molecule has 0 spiro atoms. The van der Waals surface area contributed by atoms with Gasteiger partial charge in [0.2, 0.25) is 5.91 Å². The number of carbonyl (C=O) groups is 1. The third-order valence-electron chi connectivity index (χ3n) is 2.83. The molecule has 5 nitrogen and oxygen atoms in total. The molecule has 0 aromatic carbocycles. The zero-order valence-electron chi connectivity index (χ0n) is 10.4. The first kappa shape index (κ1) is 13.4. The van der Waals surface area contributed by atoms with Crippen molar-refractivity contribution in [2.75, 3.05) is 33.9 Å². The van der Waals surface area contributed by atoms with E-state index in [-0.39, 0.29) is 18.2 Å². The highest BCUT2D eigenvalue weighted by Crippen LogP contribution is 2.12. The lowest BCUT2D eigenvalue weighted by Crippen LogP contribution is -2.43. The predicted octanol–water partition coefficient (Wildman–Crippen LogP) is 0.206. The maximum atomic E-state index is 11.7. The summed E-state index contributed by atoms with van der Waals surface area (Å²) in [6.45, 7) is 3.67. The van der Waals surface area contributed by atoms with Gasteiger partial charge in [0.05, 0.1) is 32.0 Å². The molecule has 0 aromatic rings. The number of ether oxygens (including phenoxy) is 2. The van der Waals surface area contributed by atoms with E-state index in [1.165, 1.54) is 0 Å². The van der Waals surface area contributed by atoms with Crippen molar-refractivity contribution in [2.24, 2.45) is 0 Å². The van der Waals surface area contributed by atoms with Crippen LogP contribution in [-0.4, -0.2) is 57.0 Å². The maximum Gasteiger partial charge on any atom is 0.237 e. The van der Waals surface area contributed by atoms with Gasteiger partial charge in [-0.15, -0.1) is 0 Å². The summed E-state index contributed by atoms with van der Waals surface area (Å²) in [6.07, 6.45) is 2.15. The van der Waals surface area contributed by atoms with E-state index in [1.54, 1.807) is 14.2 Å². The normalized spacial score (nSPS) is 22.8. The van der Waals surface area contributed by atoms with Crippen LogP contribution in [0.3, 0.4) is 0 Å². The van der Waals surface area contributed by atoms with Crippen LogP contribution in [0.25, 0.3) is 0 Å². The molecular weight excluding hydrogens is 208 g/mol. The van der Waals surface area contributed by atoms with Crippen LogP contribution in [-0.2, 0) is 14.3 Å². The van der Waals surface area contributed by atoms with Crippen LogP contribution < -0.4 is 5.32 Å². The fourth-order valence-corrected chi connectivity index (χ4v) is 1.95. The molecule has 2 atom stereocenters. The summed E-state index contributed by atoms with van der Waals surface area (Å²) in [5.41, 5.74) is 0. The minimum Gasteiger partial charge on any atom is -0.382 e. The molecular formula is C11H22N2O3. The Bertz CT molecular complexity index is 223. The zero-order valence-corrected chi connectivity index (χ0v) is 10.4. The van der Waals surface area contributed by atoms with Gasteiger partial charge in [0, 0.05) is 14.2 Å². The van der Waals surface area contributed by atoms with Gasteiger partial charge in [-0.25, -0.2) is 0 Å². The van der Waals surface area contributed by atoms with E-state index in [4.69, 9.17) is 9.47 Å². The summed E-state index contributed by atoms with van der Waals surface area (Å²) in [5, 5.41) is 3.21. The van der Waals surface area contributed by atoms with Crippen molar-refractivity contribution in [1.82, 2.24) is 10.2 Å². The van der Waals surface area contributed by atoms with Crippen molar-refractivity contribution >= 4 is 5.91 Å². The molecule has 1 aliphatic heterocycles. The van der Waals surface area contributed by atoms with E-state index < -0.39 is 0 Å². The fourth-order valence-electron chi connectivity index (χ4n) is 1.95. The third-order valence-corrected chi connectivity index (χ3v) is 2.83. The molecule has 0 bridgehead atoms. The van der Waals surface area contributed by atoms with Crippen LogP contribution in [0, 0.1) is 0 Å². The molecule has 1 fully saturated rings. The molecule has 16 heavy (non-hydrogen) atoms. The Balaban J connectivity index is 2.50. The first-order valence-electron chi connectivity index (χ1n) is 5.77. The number of methoxy groups -OCH3 is 2. The average molecular weight is 230 g/mol. The fraction of sp³-hybridized carbons (Fsp3) is 0.909. The highest BCUT2D eigenvalue weighted by Gasteiger charge is 2.31. The van der Waals surface area contributed by atoms with Gasteiger partial charge in [-0.05, 0) is 6.42 Å². The Hall–Kier alpha value is -0.650. The van der Waals surface area contributed by atoms with Crippen LogP contribution in [0.4, 0.5) is 0 Å². The van der Waals surface area contributed by atoms with Crippen LogP contribution in [0.1, 0.15) is 19.8 Å². The van der Waals surface area contributed by atoms with Crippen LogP contribution in [0.5, 0.6) is 0 Å². The summed E-state index contributed by atoms with van der Waals surface area (Å²) in [6, 6.07) is 0. The number of nitrogens with one attached hydrogen (secondary N) is 1. The second-order valence-electron chi connectivity index (χ2n) is 4.04. The molecule has 1 heterocycles. The molecule has 1 N–H and O–H groups in total. The van der Waals surface area contributed by atoms with Crippen molar-refractivity contribution in [3.63, 3.8) is 0 Å². The van der Waals surface area contributed by atoms with Crippen LogP contribution in [0.15, 0.2) is 0 Å². The van der Waals surface area contributed by atoms with Crippen molar-refractivity contribution < 1.29 is 14.3 Å². The Labute approximate surface area is 97.1 Å². The standard InChI is InChI=1S/C11H22N2O3/c1-4-5-10-12-6-11(14)13(10)7-9(16-3)8-15-2/h9-10,12H,4-8H2,1-3H3. The predicted molar refractivity (Wildman–Crippen MR) is 61.1 cm³/mol. The van der Waals surface area contributed by atoms with Gasteiger partial charge in [-0.2, -0.15) is 0 Å². The van der Waals surface area contributed by atoms with E-state index in [1.807, 2.05) is 4.90 Å². The molecule has 0 saturated carbocycles. The summed E-state index contributed by atoms with van der Waals surface area (Å²) < 4.78 is 10.3. The Kier molecular flexibility index (Phi) is 5.73. The highest BCUT2D eigenvalue weighted by atomic mass is 16.5. The molecule has 5 heteroatoms. The third kappa shape index (κ3) is 3.43. The monoisotopic (exact) mass is 230 g/mol. The Morgan fingerprint density at radius 3 is 2.88 bits per heavy atom. The topological polar surface area (TPSA) is 50.8 Å². The number of carbonyl (C=O) groups excluding carboxylic acids is 1.